The summed E-state index contributed by atoms with van der Waals surface area (Å²) in [6, 6.07) is 18.4. The second-order valence-electron chi connectivity index (χ2n) is 6.51. The van der Waals surface area contributed by atoms with Gasteiger partial charge >= 0.3 is 0 Å². The smallest absolute Gasteiger partial charge is 0.170 e. The highest BCUT2D eigenvalue weighted by molar-refractivity contribution is 7.80. The molecular formula is C22H25N3OS. The minimum absolute atomic E-state index is 0.529. The number of methoxy groups -OCH3 is 1. The van der Waals surface area contributed by atoms with Crippen molar-refractivity contribution in [2.75, 3.05) is 19.0 Å². The molecule has 2 N–H and O–H groups in total. The van der Waals surface area contributed by atoms with Gasteiger partial charge in [0.2, 0.25) is 0 Å². The molecule has 0 bridgehead atoms. The third kappa shape index (κ3) is 4.95. The Balaban J connectivity index is 1.63. The number of fused-ring (bicyclic) bond motifs is 1. The first-order chi connectivity index (χ1) is 13.2. The zero-order valence-electron chi connectivity index (χ0n) is 15.7. The van der Waals surface area contributed by atoms with Crippen LogP contribution >= 0.6 is 12.2 Å². The number of thiocarbonyl (C=S) groups is 1. The number of rotatable bonds is 7. The van der Waals surface area contributed by atoms with Gasteiger partial charge in [0, 0.05) is 23.8 Å². The maximum Gasteiger partial charge on any atom is 0.170 e. The normalized spacial score (nSPS) is 11.8. The largest absolute Gasteiger partial charge is 0.494 e. The number of benzene rings is 2. The molecule has 0 saturated carbocycles. The van der Waals surface area contributed by atoms with Crippen molar-refractivity contribution in [2.24, 2.45) is 5.92 Å². The van der Waals surface area contributed by atoms with Gasteiger partial charge in [0.15, 0.2) is 5.11 Å². The van der Waals surface area contributed by atoms with Crippen LogP contribution in [0.1, 0.15) is 18.9 Å². The Hall–Kier alpha value is -2.66. The molecule has 0 aliphatic heterocycles. The van der Waals surface area contributed by atoms with E-state index in [4.69, 9.17) is 17.0 Å². The Bertz CT molecular complexity index is 898. The van der Waals surface area contributed by atoms with Crippen LogP contribution in [-0.2, 0) is 6.42 Å². The fourth-order valence-corrected chi connectivity index (χ4v) is 3.33. The predicted octanol–water partition coefficient (Wildman–Crippen LogP) is 4.80. The highest BCUT2D eigenvalue weighted by Crippen LogP contribution is 2.29. The molecule has 2 aromatic carbocycles. The van der Waals surface area contributed by atoms with Crippen LogP contribution in [0.15, 0.2) is 60.8 Å². The van der Waals surface area contributed by atoms with E-state index in [1.54, 1.807) is 13.3 Å². The van der Waals surface area contributed by atoms with Crippen LogP contribution in [0.4, 0.5) is 5.69 Å². The topological polar surface area (TPSA) is 46.2 Å². The van der Waals surface area contributed by atoms with E-state index in [9.17, 15) is 0 Å². The molecule has 1 aromatic heterocycles. The number of pyridine rings is 1. The molecule has 0 saturated heterocycles. The van der Waals surface area contributed by atoms with Crippen molar-refractivity contribution in [1.29, 1.82) is 0 Å². The van der Waals surface area contributed by atoms with E-state index in [1.165, 1.54) is 5.56 Å². The molecule has 0 amide bonds. The lowest BCUT2D eigenvalue weighted by Crippen LogP contribution is -2.33. The first-order valence-electron chi connectivity index (χ1n) is 9.21. The maximum absolute atomic E-state index is 5.52. The molecule has 0 fully saturated rings. The summed E-state index contributed by atoms with van der Waals surface area (Å²) in [5, 5.41) is 8.27. The third-order valence-electron chi connectivity index (χ3n) is 4.70. The summed E-state index contributed by atoms with van der Waals surface area (Å²) < 4.78 is 5.40. The van der Waals surface area contributed by atoms with Crippen LogP contribution in [0.25, 0.3) is 10.9 Å². The van der Waals surface area contributed by atoms with Crippen molar-refractivity contribution < 1.29 is 4.74 Å². The molecule has 0 unspecified atom stereocenters. The number of aromatic nitrogens is 1. The lowest BCUT2D eigenvalue weighted by atomic mass is 9.97. The van der Waals surface area contributed by atoms with Gasteiger partial charge < -0.3 is 15.4 Å². The Morgan fingerprint density at radius 2 is 1.93 bits per heavy atom. The van der Waals surface area contributed by atoms with Crippen molar-refractivity contribution in [1.82, 2.24) is 10.3 Å². The van der Waals surface area contributed by atoms with Gasteiger partial charge in [-0.2, -0.15) is 0 Å². The molecule has 3 aromatic rings. The van der Waals surface area contributed by atoms with Crippen LogP contribution in [0, 0.1) is 5.92 Å². The minimum Gasteiger partial charge on any atom is -0.494 e. The lowest BCUT2D eigenvalue weighted by Gasteiger charge is -2.18. The summed E-state index contributed by atoms with van der Waals surface area (Å²) in [5.74, 6) is 1.28. The van der Waals surface area contributed by atoms with Crippen molar-refractivity contribution in [3.05, 3.63) is 66.4 Å². The average molecular weight is 380 g/mol. The second-order valence-corrected chi connectivity index (χ2v) is 6.92. The summed E-state index contributed by atoms with van der Waals surface area (Å²) in [6.45, 7) is 3.05. The number of ether oxygens (including phenoxy) is 1. The monoisotopic (exact) mass is 379 g/mol. The number of hydrogen-bond acceptors (Lipinski definition) is 3. The van der Waals surface area contributed by atoms with E-state index in [1.807, 2.05) is 24.3 Å². The quantitative estimate of drug-likeness (QED) is 0.578. The van der Waals surface area contributed by atoms with Crippen LogP contribution in [0.3, 0.4) is 0 Å². The van der Waals surface area contributed by atoms with Crippen molar-refractivity contribution in [3.8, 4) is 5.75 Å². The molecule has 5 heteroatoms. The Labute approximate surface area is 166 Å². The van der Waals surface area contributed by atoms with Gasteiger partial charge in [0.25, 0.3) is 0 Å². The first kappa shape index (κ1) is 19.1. The molecule has 0 aliphatic carbocycles. The van der Waals surface area contributed by atoms with E-state index in [0.29, 0.717) is 11.0 Å². The highest BCUT2D eigenvalue weighted by atomic mass is 32.1. The molecule has 1 heterocycles. The van der Waals surface area contributed by atoms with Gasteiger partial charge in [0.05, 0.1) is 7.11 Å². The second kappa shape index (κ2) is 9.33. The van der Waals surface area contributed by atoms with Gasteiger partial charge in [-0.1, -0.05) is 43.7 Å². The van der Waals surface area contributed by atoms with Gasteiger partial charge in [-0.15, -0.1) is 0 Å². The van der Waals surface area contributed by atoms with Gasteiger partial charge in [-0.25, -0.2) is 0 Å². The number of anilines is 1. The Morgan fingerprint density at radius 1 is 1.11 bits per heavy atom. The van der Waals surface area contributed by atoms with Crippen molar-refractivity contribution in [2.45, 2.75) is 19.8 Å². The van der Waals surface area contributed by atoms with E-state index < -0.39 is 0 Å². The minimum atomic E-state index is 0.529. The average Bonchev–Trinajstić information content (AvgIpc) is 2.72. The zero-order chi connectivity index (χ0) is 19.1. The SMILES string of the molecule is CC[C@@H](CNC(=S)Nc1ccc(OC)c2ncccc12)Cc1ccccc1. The fourth-order valence-electron chi connectivity index (χ4n) is 3.13. The standard InChI is InChI=1S/C22H25N3OS/c1-3-16(14-17-8-5-4-6-9-17)15-24-22(27)25-19-11-12-20(26-2)21-18(19)10-7-13-23-21/h4-13,16H,3,14-15H2,1-2H3,(H2,24,25,27)/t16-/m1/s1. The van der Waals surface area contributed by atoms with Crippen LogP contribution < -0.4 is 15.4 Å². The number of nitrogens with one attached hydrogen (secondary N) is 2. The van der Waals surface area contributed by atoms with E-state index >= 15 is 0 Å². The molecule has 0 aliphatic rings. The molecule has 140 valence electrons. The van der Waals surface area contributed by atoms with Gasteiger partial charge in [-0.3, -0.25) is 4.98 Å². The zero-order valence-corrected chi connectivity index (χ0v) is 16.6. The summed E-state index contributed by atoms with van der Waals surface area (Å²) in [7, 11) is 1.65. The summed E-state index contributed by atoms with van der Waals surface area (Å²) >= 11 is 5.52. The maximum atomic E-state index is 5.52. The van der Waals surface area contributed by atoms with E-state index in [0.717, 1.165) is 41.7 Å². The summed E-state index contributed by atoms with van der Waals surface area (Å²) in [6.07, 6.45) is 3.91. The van der Waals surface area contributed by atoms with Crippen LogP contribution in [-0.4, -0.2) is 23.8 Å². The Morgan fingerprint density at radius 3 is 2.67 bits per heavy atom. The Kier molecular flexibility index (Phi) is 6.60. The molecule has 27 heavy (non-hydrogen) atoms. The summed E-state index contributed by atoms with van der Waals surface area (Å²) in [4.78, 5) is 4.43. The molecule has 4 nitrogen and oxygen atoms in total. The molecule has 3 rings (SSSR count). The molecule has 0 radical (unpaired) electrons. The predicted molar refractivity (Wildman–Crippen MR) is 116 cm³/mol. The highest BCUT2D eigenvalue weighted by Gasteiger charge is 2.11. The van der Waals surface area contributed by atoms with Gasteiger partial charge in [0.1, 0.15) is 11.3 Å². The van der Waals surface area contributed by atoms with Crippen LogP contribution in [0.2, 0.25) is 0 Å². The number of hydrogen-bond donors (Lipinski definition) is 2. The van der Waals surface area contributed by atoms with E-state index in [2.05, 4.69) is 52.9 Å². The van der Waals surface area contributed by atoms with Crippen molar-refractivity contribution in [3.63, 3.8) is 0 Å². The number of nitrogens with zero attached hydrogens (tertiary/aromatic N) is 1. The molecule has 0 spiro atoms. The summed E-state index contributed by atoms with van der Waals surface area (Å²) in [5.41, 5.74) is 3.10. The van der Waals surface area contributed by atoms with E-state index in [-0.39, 0.29) is 0 Å². The molecule has 1 atom stereocenters. The third-order valence-corrected chi connectivity index (χ3v) is 4.94. The fraction of sp³-hybridized carbons (Fsp3) is 0.273. The molecular weight excluding hydrogens is 354 g/mol. The van der Waals surface area contributed by atoms with Crippen LogP contribution in [0.5, 0.6) is 5.75 Å². The first-order valence-corrected chi connectivity index (χ1v) is 9.62. The lowest BCUT2D eigenvalue weighted by molar-refractivity contribution is 0.419. The van der Waals surface area contributed by atoms with Crippen molar-refractivity contribution >= 4 is 33.9 Å². The van der Waals surface area contributed by atoms with Gasteiger partial charge in [-0.05, 0) is 54.4 Å².